The SMILES string of the molecule is CC/C=C\C/C=C\C/C=C\C/C=C\C/C=C\CCCCCCCCCCCCCC(=O)NC(COP(=O)(O)OCC[N+](C)(C)C)C(O)CCCCCC. The van der Waals surface area contributed by atoms with Crippen LogP contribution in [0.3, 0.4) is 0 Å². The van der Waals surface area contributed by atoms with Crippen molar-refractivity contribution in [3.05, 3.63) is 60.8 Å². The summed E-state index contributed by atoms with van der Waals surface area (Å²) < 4.78 is 23.3. The zero-order valence-corrected chi connectivity index (χ0v) is 35.6. The number of carbonyl (C=O) groups excluding carboxylic acids is 1. The second-order valence-corrected chi connectivity index (χ2v) is 16.8. The van der Waals surface area contributed by atoms with E-state index in [1.807, 2.05) is 21.1 Å². The van der Waals surface area contributed by atoms with Gasteiger partial charge in [0, 0.05) is 6.42 Å². The number of likely N-dealkylation sites (N-methyl/N-ethyl adjacent to an activating group) is 1. The normalized spacial score (nSPS) is 15.1. The average molecular weight is 766 g/mol. The third-order valence-corrected chi connectivity index (χ3v) is 10.0. The molecule has 3 atom stereocenters. The van der Waals surface area contributed by atoms with Crippen molar-refractivity contribution >= 4 is 13.7 Å². The van der Waals surface area contributed by atoms with Crippen LogP contribution in [0, 0.1) is 0 Å². The quantitative estimate of drug-likeness (QED) is 0.0252. The molecule has 308 valence electrons. The number of hydrogen-bond acceptors (Lipinski definition) is 5. The van der Waals surface area contributed by atoms with Gasteiger partial charge in [-0.1, -0.05) is 158 Å². The van der Waals surface area contributed by atoms with Gasteiger partial charge in [0.05, 0.1) is 39.9 Å². The summed E-state index contributed by atoms with van der Waals surface area (Å²) in [6.07, 6.45) is 46.0. The highest BCUT2D eigenvalue weighted by Crippen LogP contribution is 2.43. The van der Waals surface area contributed by atoms with Gasteiger partial charge in [0.15, 0.2) is 0 Å². The smallest absolute Gasteiger partial charge is 0.391 e. The van der Waals surface area contributed by atoms with Gasteiger partial charge < -0.3 is 19.8 Å². The zero-order chi connectivity index (χ0) is 39.3. The molecule has 0 saturated carbocycles. The minimum Gasteiger partial charge on any atom is -0.391 e. The molecule has 0 aliphatic heterocycles. The lowest BCUT2D eigenvalue weighted by atomic mass is 10.0. The molecule has 0 radical (unpaired) electrons. The molecule has 3 unspecified atom stereocenters. The summed E-state index contributed by atoms with van der Waals surface area (Å²) in [7, 11) is 1.60. The first-order chi connectivity index (χ1) is 25.5. The van der Waals surface area contributed by atoms with E-state index in [-0.39, 0.29) is 19.1 Å². The van der Waals surface area contributed by atoms with Crippen LogP contribution in [0.25, 0.3) is 0 Å². The molecule has 0 bridgehead atoms. The predicted molar refractivity (Wildman–Crippen MR) is 226 cm³/mol. The Morgan fingerprint density at radius 3 is 1.64 bits per heavy atom. The van der Waals surface area contributed by atoms with Gasteiger partial charge in [-0.15, -0.1) is 0 Å². The highest BCUT2D eigenvalue weighted by Gasteiger charge is 2.28. The maximum absolute atomic E-state index is 12.7. The zero-order valence-electron chi connectivity index (χ0n) is 34.7. The monoisotopic (exact) mass is 766 g/mol. The van der Waals surface area contributed by atoms with Crippen LogP contribution < -0.4 is 5.32 Å². The highest BCUT2D eigenvalue weighted by molar-refractivity contribution is 7.47. The van der Waals surface area contributed by atoms with Gasteiger partial charge in [-0.25, -0.2) is 4.57 Å². The van der Waals surface area contributed by atoms with E-state index in [9.17, 15) is 19.4 Å². The lowest BCUT2D eigenvalue weighted by molar-refractivity contribution is -0.870. The predicted octanol–water partition coefficient (Wildman–Crippen LogP) is 11.5. The van der Waals surface area contributed by atoms with Crippen molar-refractivity contribution in [2.75, 3.05) is 40.9 Å². The Labute approximate surface area is 326 Å². The van der Waals surface area contributed by atoms with Gasteiger partial charge in [-0.05, 0) is 57.8 Å². The average Bonchev–Trinajstić information content (AvgIpc) is 3.10. The van der Waals surface area contributed by atoms with E-state index in [0.717, 1.165) is 77.0 Å². The summed E-state index contributed by atoms with van der Waals surface area (Å²) >= 11 is 0. The molecule has 1 amide bonds. The number of rotatable bonds is 37. The lowest BCUT2D eigenvalue weighted by Gasteiger charge is -2.26. The molecular formula is C44H82N2O6P+. The Kier molecular flexibility index (Phi) is 34.7. The van der Waals surface area contributed by atoms with Crippen molar-refractivity contribution in [2.24, 2.45) is 0 Å². The van der Waals surface area contributed by atoms with Crippen molar-refractivity contribution in [1.82, 2.24) is 5.32 Å². The fraction of sp³-hybridized carbons (Fsp3) is 0.750. The largest absolute Gasteiger partial charge is 0.472 e. The molecule has 0 aliphatic rings. The van der Waals surface area contributed by atoms with E-state index < -0.39 is 20.0 Å². The van der Waals surface area contributed by atoms with Crippen molar-refractivity contribution in [3.8, 4) is 0 Å². The van der Waals surface area contributed by atoms with Crippen molar-refractivity contribution in [3.63, 3.8) is 0 Å². The Bertz CT molecular complexity index is 1050. The van der Waals surface area contributed by atoms with E-state index in [2.05, 4.69) is 79.9 Å². The van der Waals surface area contributed by atoms with Crippen molar-refractivity contribution in [1.29, 1.82) is 0 Å². The van der Waals surface area contributed by atoms with Gasteiger partial charge in [0.1, 0.15) is 13.2 Å². The number of amides is 1. The van der Waals surface area contributed by atoms with Crippen molar-refractivity contribution < 1.29 is 32.9 Å². The number of allylic oxidation sites excluding steroid dienone is 10. The third-order valence-electron chi connectivity index (χ3n) is 9.03. The number of phosphoric acid groups is 1. The van der Waals surface area contributed by atoms with E-state index in [1.54, 1.807) is 0 Å². The van der Waals surface area contributed by atoms with Crippen LogP contribution in [0.1, 0.15) is 162 Å². The summed E-state index contributed by atoms with van der Waals surface area (Å²) in [6.45, 7) is 4.63. The fourth-order valence-corrected chi connectivity index (χ4v) is 6.39. The number of nitrogens with zero attached hydrogens (tertiary/aromatic N) is 1. The Morgan fingerprint density at radius 1 is 0.660 bits per heavy atom. The van der Waals surface area contributed by atoms with Crippen LogP contribution in [0.15, 0.2) is 60.8 Å². The molecule has 0 rings (SSSR count). The number of aliphatic hydroxyl groups is 1. The Morgan fingerprint density at radius 2 is 1.13 bits per heavy atom. The van der Waals surface area contributed by atoms with E-state index in [0.29, 0.717) is 23.9 Å². The van der Waals surface area contributed by atoms with Gasteiger partial charge in [-0.3, -0.25) is 13.8 Å². The maximum atomic E-state index is 12.7. The van der Waals surface area contributed by atoms with Crippen molar-refractivity contribution in [2.45, 2.75) is 174 Å². The topological polar surface area (TPSA) is 105 Å². The Balaban J connectivity index is 3.98. The summed E-state index contributed by atoms with van der Waals surface area (Å²) in [6, 6.07) is -0.760. The summed E-state index contributed by atoms with van der Waals surface area (Å²) in [5.74, 6) is -0.161. The van der Waals surface area contributed by atoms with Crippen LogP contribution >= 0.6 is 7.82 Å². The first-order valence-electron chi connectivity index (χ1n) is 21.2. The van der Waals surface area contributed by atoms with Crippen LogP contribution in [-0.4, -0.2) is 73.4 Å². The number of carbonyl (C=O) groups is 1. The Hall–Kier alpha value is -1.80. The van der Waals surface area contributed by atoms with E-state index in [4.69, 9.17) is 9.05 Å². The molecule has 0 saturated heterocycles. The highest BCUT2D eigenvalue weighted by atomic mass is 31.2. The van der Waals surface area contributed by atoms with E-state index in [1.165, 1.54) is 57.8 Å². The number of aliphatic hydroxyl groups excluding tert-OH is 1. The molecule has 8 nitrogen and oxygen atoms in total. The lowest BCUT2D eigenvalue weighted by Crippen LogP contribution is -2.46. The van der Waals surface area contributed by atoms with Gasteiger partial charge >= 0.3 is 7.82 Å². The molecule has 53 heavy (non-hydrogen) atoms. The number of phosphoric ester groups is 1. The summed E-state index contributed by atoms with van der Waals surface area (Å²) in [4.78, 5) is 22.9. The summed E-state index contributed by atoms with van der Waals surface area (Å²) in [5.41, 5.74) is 0. The molecule has 0 heterocycles. The molecule has 0 aromatic carbocycles. The van der Waals surface area contributed by atoms with Crippen LogP contribution in [0.5, 0.6) is 0 Å². The minimum atomic E-state index is -4.30. The first kappa shape index (κ1) is 51.2. The maximum Gasteiger partial charge on any atom is 0.472 e. The second-order valence-electron chi connectivity index (χ2n) is 15.3. The van der Waals surface area contributed by atoms with Gasteiger partial charge in [-0.2, -0.15) is 0 Å². The van der Waals surface area contributed by atoms with E-state index >= 15 is 0 Å². The molecule has 3 N–H and O–H groups in total. The first-order valence-corrected chi connectivity index (χ1v) is 22.6. The van der Waals surface area contributed by atoms with Crippen LogP contribution in [0.4, 0.5) is 0 Å². The molecule has 0 spiro atoms. The molecular weight excluding hydrogens is 683 g/mol. The molecule has 0 aromatic heterocycles. The minimum absolute atomic E-state index is 0.0703. The molecule has 9 heteroatoms. The molecule has 0 fully saturated rings. The van der Waals surface area contributed by atoms with Gasteiger partial charge in [0.25, 0.3) is 0 Å². The standard InChI is InChI=1S/C44H81N2O6P/c1-6-8-10-12-13-14-15-16-17-18-19-20-21-22-23-24-25-26-27-28-29-30-31-32-33-34-36-38-44(48)45-42(43(47)37-35-11-9-7-2)41-52-53(49,50)51-40-39-46(3,4)5/h8,10,13-14,16-17,19-20,22-23,42-43,47H,6-7,9,11-12,15,18,21,24-41H2,1-5H3,(H-,45,48,49,50)/p+1/b10-8-,14-13-,17-16-,20-19-,23-22-. The second kappa shape index (κ2) is 35.9. The third kappa shape index (κ3) is 38.3. The fourth-order valence-electron chi connectivity index (χ4n) is 5.66. The number of unbranched alkanes of at least 4 members (excludes halogenated alkanes) is 14. The van der Waals surface area contributed by atoms with Crippen LogP contribution in [0.2, 0.25) is 0 Å². The molecule has 0 aliphatic carbocycles. The number of nitrogens with one attached hydrogen (secondary N) is 1. The van der Waals surface area contributed by atoms with Gasteiger partial charge in [0.2, 0.25) is 5.91 Å². The number of quaternary nitrogens is 1. The number of hydrogen-bond donors (Lipinski definition) is 3. The summed E-state index contributed by atoms with van der Waals surface area (Å²) in [5, 5.41) is 13.7. The molecule has 0 aromatic rings. The van der Waals surface area contributed by atoms with Crippen LogP contribution in [-0.2, 0) is 18.4 Å².